The Morgan fingerprint density at radius 2 is 1.93 bits per heavy atom. The number of aromatic nitrogens is 2. The van der Waals surface area contributed by atoms with Crippen molar-refractivity contribution in [1.82, 2.24) is 20.0 Å². The van der Waals surface area contributed by atoms with Gasteiger partial charge in [-0.3, -0.25) is 4.68 Å². The molecule has 1 aromatic heterocycles. The molecule has 0 radical (unpaired) electrons. The molecule has 0 spiro atoms. The minimum atomic E-state index is 0.605. The van der Waals surface area contributed by atoms with Crippen molar-refractivity contribution in [1.29, 1.82) is 0 Å². The van der Waals surface area contributed by atoms with E-state index in [0.29, 0.717) is 29.9 Å². The highest BCUT2D eigenvalue weighted by atomic mass is 35.5. The average molecular weight is 425 g/mol. The van der Waals surface area contributed by atoms with Crippen molar-refractivity contribution in [2.45, 2.75) is 40.3 Å². The zero-order chi connectivity index (χ0) is 20.5. The molecule has 1 N–H and O–H groups in total. The monoisotopic (exact) mass is 424 g/mol. The fraction of sp³-hybridized carbons (Fsp3) is 0.500. The molecule has 0 amide bonds. The molecule has 0 atom stereocenters. The molecule has 0 aliphatic rings. The van der Waals surface area contributed by atoms with Gasteiger partial charge in [0, 0.05) is 20.1 Å². The SMILES string of the molecule is CCOc1ccc(CCNC(=S)N(C)Cc2c(Cl)cnn2CC)cc1OCC. The predicted molar refractivity (Wildman–Crippen MR) is 117 cm³/mol. The summed E-state index contributed by atoms with van der Waals surface area (Å²) in [6.07, 6.45) is 2.50. The van der Waals surface area contributed by atoms with Gasteiger partial charge < -0.3 is 19.7 Å². The molecule has 6 nitrogen and oxygen atoms in total. The lowest BCUT2D eigenvalue weighted by Gasteiger charge is -2.21. The van der Waals surface area contributed by atoms with E-state index in [0.717, 1.165) is 42.3 Å². The van der Waals surface area contributed by atoms with Crippen LogP contribution in [0.15, 0.2) is 24.4 Å². The van der Waals surface area contributed by atoms with Crippen molar-refractivity contribution < 1.29 is 9.47 Å². The standard InChI is InChI=1S/C20H29ClN4O2S/c1-5-25-17(16(21)13-23-25)14-24(4)20(28)22-11-10-15-8-9-18(26-6-2)19(12-15)27-7-3/h8-9,12-13H,5-7,10-11,14H2,1-4H3,(H,22,28). The average Bonchev–Trinajstić information content (AvgIpc) is 3.03. The summed E-state index contributed by atoms with van der Waals surface area (Å²) in [6, 6.07) is 6.05. The molecule has 154 valence electrons. The van der Waals surface area contributed by atoms with Gasteiger partial charge in [0.1, 0.15) is 0 Å². The number of rotatable bonds is 10. The van der Waals surface area contributed by atoms with Crippen LogP contribution in [0.25, 0.3) is 0 Å². The molecule has 0 aliphatic heterocycles. The van der Waals surface area contributed by atoms with Gasteiger partial charge in [-0.2, -0.15) is 5.10 Å². The molecule has 0 aliphatic carbocycles. The molecule has 2 rings (SSSR count). The van der Waals surface area contributed by atoms with Crippen LogP contribution >= 0.6 is 23.8 Å². The van der Waals surface area contributed by atoms with Crippen LogP contribution in [0.2, 0.25) is 5.02 Å². The van der Waals surface area contributed by atoms with Gasteiger partial charge in [0.2, 0.25) is 0 Å². The largest absolute Gasteiger partial charge is 0.490 e. The summed E-state index contributed by atoms with van der Waals surface area (Å²) < 4.78 is 13.2. The molecule has 28 heavy (non-hydrogen) atoms. The van der Waals surface area contributed by atoms with Crippen molar-refractivity contribution in [3.05, 3.63) is 40.7 Å². The van der Waals surface area contributed by atoms with Gasteiger partial charge in [0.15, 0.2) is 16.6 Å². The number of hydrogen-bond acceptors (Lipinski definition) is 4. The lowest BCUT2D eigenvalue weighted by atomic mass is 10.1. The van der Waals surface area contributed by atoms with E-state index in [2.05, 4.69) is 16.5 Å². The summed E-state index contributed by atoms with van der Waals surface area (Å²) in [5.41, 5.74) is 2.13. The normalized spacial score (nSPS) is 10.6. The van der Waals surface area contributed by atoms with Crippen LogP contribution < -0.4 is 14.8 Å². The topological polar surface area (TPSA) is 51.5 Å². The lowest BCUT2D eigenvalue weighted by Crippen LogP contribution is -2.38. The fourth-order valence-electron chi connectivity index (χ4n) is 2.81. The first-order valence-corrected chi connectivity index (χ1v) is 10.4. The van der Waals surface area contributed by atoms with Crippen molar-refractivity contribution in [3.63, 3.8) is 0 Å². The first-order chi connectivity index (χ1) is 13.5. The van der Waals surface area contributed by atoms with Gasteiger partial charge in [-0.1, -0.05) is 17.7 Å². The van der Waals surface area contributed by atoms with Crippen LogP contribution in [0.3, 0.4) is 0 Å². The highest BCUT2D eigenvalue weighted by Crippen LogP contribution is 2.28. The van der Waals surface area contributed by atoms with Crippen LogP contribution in [0.4, 0.5) is 0 Å². The van der Waals surface area contributed by atoms with Crippen LogP contribution in [0.1, 0.15) is 32.0 Å². The minimum Gasteiger partial charge on any atom is -0.490 e. The lowest BCUT2D eigenvalue weighted by molar-refractivity contribution is 0.287. The number of ether oxygens (including phenoxy) is 2. The molecule has 0 bridgehead atoms. The first-order valence-electron chi connectivity index (χ1n) is 9.57. The molecular weight excluding hydrogens is 396 g/mol. The zero-order valence-corrected chi connectivity index (χ0v) is 18.6. The second-order valence-corrected chi connectivity index (χ2v) is 7.03. The summed E-state index contributed by atoms with van der Waals surface area (Å²) in [7, 11) is 1.95. The van der Waals surface area contributed by atoms with E-state index in [9.17, 15) is 0 Å². The van der Waals surface area contributed by atoms with Gasteiger partial charge in [0.05, 0.1) is 36.7 Å². The van der Waals surface area contributed by atoms with Gasteiger partial charge in [0.25, 0.3) is 0 Å². The van der Waals surface area contributed by atoms with Crippen molar-refractivity contribution in [3.8, 4) is 11.5 Å². The zero-order valence-electron chi connectivity index (χ0n) is 17.0. The summed E-state index contributed by atoms with van der Waals surface area (Å²) in [6.45, 7) is 9.29. The Morgan fingerprint density at radius 3 is 2.61 bits per heavy atom. The maximum absolute atomic E-state index is 6.24. The number of thiocarbonyl (C=S) groups is 1. The minimum absolute atomic E-state index is 0.605. The second kappa shape index (κ2) is 11.1. The number of nitrogens with one attached hydrogen (secondary N) is 1. The van der Waals surface area contributed by atoms with Crippen molar-refractivity contribution >= 4 is 28.9 Å². The van der Waals surface area contributed by atoms with Gasteiger partial charge in [-0.25, -0.2) is 0 Å². The van der Waals surface area contributed by atoms with E-state index in [-0.39, 0.29) is 0 Å². The molecule has 0 saturated carbocycles. The third-order valence-corrected chi connectivity index (χ3v) is 5.00. The Bertz CT molecular complexity index is 782. The first kappa shape index (κ1) is 22.3. The molecule has 0 fully saturated rings. The number of benzene rings is 1. The number of halogens is 1. The highest BCUT2D eigenvalue weighted by Gasteiger charge is 2.13. The smallest absolute Gasteiger partial charge is 0.169 e. The molecular formula is C20H29ClN4O2S. The van der Waals surface area contributed by atoms with E-state index in [1.165, 1.54) is 0 Å². The number of nitrogens with zero attached hydrogens (tertiary/aromatic N) is 3. The molecule has 8 heteroatoms. The van der Waals surface area contributed by atoms with Crippen molar-refractivity contribution in [2.24, 2.45) is 0 Å². The Morgan fingerprint density at radius 1 is 1.21 bits per heavy atom. The van der Waals surface area contributed by atoms with Crippen LogP contribution in [0.5, 0.6) is 11.5 Å². The van der Waals surface area contributed by atoms with Crippen LogP contribution in [0, 0.1) is 0 Å². The third-order valence-electron chi connectivity index (χ3n) is 4.23. The number of hydrogen-bond donors (Lipinski definition) is 1. The highest BCUT2D eigenvalue weighted by molar-refractivity contribution is 7.80. The van der Waals surface area contributed by atoms with Gasteiger partial charge in [-0.05, 0) is 57.1 Å². The quantitative estimate of drug-likeness (QED) is 0.584. The summed E-state index contributed by atoms with van der Waals surface area (Å²) in [4.78, 5) is 1.97. The summed E-state index contributed by atoms with van der Waals surface area (Å²) in [5, 5.41) is 8.91. The van der Waals surface area contributed by atoms with Gasteiger partial charge >= 0.3 is 0 Å². The maximum Gasteiger partial charge on any atom is 0.169 e. The Balaban J connectivity index is 1.89. The summed E-state index contributed by atoms with van der Waals surface area (Å²) in [5.74, 6) is 1.56. The summed E-state index contributed by atoms with van der Waals surface area (Å²) >= 11 is 11.7. The molecule has 0 unspecified atom stereocenters. The van der Waals surface area contributed by atoms with Crippen LogP contribution in [-0.4, -0.2) is 46.6 Å². The Labute approximate surface area is 177 Å². The fourth-order valence-corrected chi connectivity index (χ4v) is 3.18. The van der Waals surface area contributed by atoms with Crippen LogP contribution in [-0.2, 0) is 19.5 Å². The van der Waals surface area contributed by atoms with Crippen molar-refractivity contribution in [2.75, 3.05) is 26.8 Å². The van der Waals surface area contributed by atoms with E-state index >= 15 is 0 Å². The number of aryl methyl sites for hydroxylation is 1. The van der Waals surface area contributed by atoms with E-state index < -0.39 is 0 Å². The van der Waals surface area contributed by atoms with E-state index in [1.807, 2.05) is 49.5 Å². The Hall–Kier alpha value is -1.99. The molecule has 2 aromatic rings. The van der Waals surface area contributed by atoms with Gasteiger partial charge in [-0.15, -0.1) is 0 Å². The third kappa shape index (κ3) is 6.01. The molecule has 1 heterocycles. The molecule has 1 aromatic carbocycles. The second-order valence-electron chi connectivity index (χ2n) is 6.24. The van der Waals surface area contributed by atoms with E-state index in [1.54, 1.807) is 6.20 Å². The van der Waals surface area contributed by atoms with E-state index in [4.69, 9.17) is 33.3 Å². The maximum atomic E-state index is 6.24. The Kier molecular flexibility index (Phi) is 8.86. The molecule has 0 saturated heterocycles. The predicted octanol–water partition coefficient (Wildman–Crippen LogP) is 3.90.